The van der Waals surface area contributed by atoms with Crippen molar-refractivity contribution in [1.29, 1.82) is 0 Å². The van der Waals surface area contributed by atoms with Gasteiger partial charge in [-0.25, -0.2) is 0 Å². The molecule has 26 heavy (non-hydrogen) atoms. The van der Waals surface area contributed by atoms with E-state index in [1.54, 1.807) is 0 Å². The summed E-state index contributed by atoms with van der Waals surface area (Å²) < 4.78 is 1.92. The lowest BCUT2D eigenvalue weighted by Gasteiger charge is -2.26. The molecule has 0 amide bonds. The number of guanidine groups is 1. The highest BCUT2D eigenvalue weighted by Crippen LogP contribution is 2.28. The maximum Gasteiger partial charge on any atom is 0.194 e. The molecule has 1 aliphatic rings. The van der Waals surface area contributed by atoms with Gasteiger partial charge in [0.25, 0.3) is 0 Å². The van der Waals surface area contributed by atoms with Gasteiger partial charge in [0, 0.05) is 57.6 Å². The monoisotopic (exact) mass is 362 g/mol. The first-order valence-electron chi connectivity index (χ1n) is 10.1. The molecule has 1 aromatic heterocycles. The Morgan fingerprint density at radius 2 is 2.04 bits per heavy atom. The molecule has 1 saturated carbocycles. The SMILES string of the molecule is CCNC(=NCCN(C(C)C)C1CC1)N(C)Cc1cn(C)nc1C(C)C. The zero-order chi connectivity index (χ0) is 19.3. The molecule has 2 rings (SSSR count). The average molecular weight is 363 g/mol. The van der Waals surface area contributed by atoms with Crippen LogP contribution in [0.3, 0.4) is 0 Å². The van der Waals surface area contributed by atoms with E-state index in [2.05, 4.69) is 68.1 Å². The highest BCUT2D eigenvalue weighted by atomic mass is 15.3. The van der Waals surface area contributed by atoms with Crippen molar-refractivity contribution < 1.29 is 0 Å². The first-order valence-corrected chi connectivity index (χ1v) is 10.1. The normalized spacial score (nSPS) is 15.4. The van der Waals surface area contributed by atoms with Gasteiger partial charge < -0.3 is 10.2 Å². The van der Waals surface area contributed by atoms with E-state index in [-0.39, 0.29) is 0 Å². The topological polar surface area (TPSA) is 48.7 Å². The Hall–Kier alpha value is -1.56. The third-order valence-corrected chi connectivity index (χ3v) is 4.89. The summed E-state index contributed by atoms with van der Waals surface area (Å²) in [6.07, 6.45) is 4.82. The fraction of sp³-hybridized carbons (Fsp3) is 0.800. The summed E-state index contributed by atoms with van der Waals surface area (Å²) in [4.78, 5) is 9.69. The summed E-state index contributed by atoms with van der Waals surface area (Å²) in [5.41, 5.74) is 2.45. The summed E-state index contributed by atoms with van der Waals surface area (Å²) in [5.74, 6) is 1.41. The predicted molar refractivity (Wildman–Crippen MR) is 110 cm³/mol. The number of aryl methyl sites for hydroxylation is 1. The van der Waals surface area contributed by atoms with Crippen molar-refractivity contribution in [3.05, 3.63) is 17.5 Å². The Bertz CT molecular complexity index is 583. The van der Waals surface area contributed by atoms with Crippen molar-refractivity contribution in [2.24, 2.45) is 12.0 Å². The minimum absolute atomic E-state index is 0.428. The van der Waals surface area contributed by atoms with Crippen molar-refractivity contribution in [2.75, 3.05) is 26.7 Å². The van der Waals surface area contributed by atoms with Crippen LogP contribution in [-0.4, -0.2) is 64.3 Å². The quantitative estimate of drug-likeness (QED) is 0.542. The number of hydrogen-bond acceptors (Lipinski definition) is 3. The maximum absolute atomic E-state index is 4.89. The molecule has 1 heterocycles. The Morgan fingerprint density at radius 1 is 1.35 bits per heavy atom. The van der Waals surface area contributed by atoms with Crippen LogP contribution in [0.5, 0.6) is 0 Å². The van der Waals surface area contributed by atoms with Crippen LogP contribution in [0, 0.1) is 0 Å². The highest BCUT2D eigenvalue weighted by molar-refractivity contribution is 5.79. The second-order valence-electron chi connectivity index (χ2n) is 8.02. The minimum atomic E-state index is 0.428. The number of hydrogen-bond donors (Lipinski definition) is 1. The predicted octanol–water partition coefficient (Wildman–Crippen LogP) is 2.81. The number of rotatable bonds is 9. The molecular weight excluding hydrogens is 324 g/mol. The fourth-order valence-electron chi connectivity index (χ4n) is 3.50. The van der Waals surface area contributed by atoms with E-state index >= 15 is 0 Å². The molecule has 148 valence electrons. The van der Waals surface area contributed by atoms with Gasteiger partial charge >= 0.3 is 0 Å². The van der Waals surface area contributed by atoms with Gasteiger partial charge in [-0.1, -0.05) is 13.8 Å². The lowest BCUT2D eigenvalue weighted by Crippen LogP contribution is -2.40. The highest BCUT2D eigenvalue weighted by Gasteiger charge is 2.30. The van der Waals surface area contributed by atoms with Crippen LogP contribution in [0.2, 0.25) is 0 Å². The Balaban J connectivity index is 2.00. The van der Waals surface area contributed by atoms with Crippen LogP contribution >= 0.6 is 0 Å². The number of nitrogens with one attached hydrogen (secondary N) is 1. The van der Waals surface area contributed by atoms with Gasteiger partial charge in [-0.3, -0.25) is 14.6 Å². The molecule has 0 unspecified atom stereocenters. The summed E-state index contributed by atoms with van der Waals surface area (Å²) in [6, 6.07) is 1.39. The van der Waals surface area contributed by atoms with Gasteiger partial charge in [0.15, 0.2) is 5.96 Å². The summed E-state index contributed by atoms with van der Waals surface area (Å²) in [5, 5.41) is 8.06. The van der Waals surface area contributed by atoms with Crippen LogP contribution < -0.4 is 5.32 Å². The van der Waals surface area contributed by atoms with Gasteiger partial charge in [-0.2, -0.15) is 5.10 Å². The molecular formula is C20H38N6. The molecule has 0 radical (unpaired) electrons. The fourth-order valence-corrected chi connectivity index (χ4v) is 3.50. The average Bonchev–Trinajstić information content (AvgIpc) is 3.32. The maximum atomic E-state index is 4.89. The molecule has 0 aromatic carbocycles. The van der Waals surface area contributed by atoms with E-state index in [4.69, 9.17) is 4.99 Å². The number of aliphatic imine (C=N–C) groups is 1. The van der Waals surface area contributed by atoms with Crippen molar-refractivity contribution in [3.63, 3.8) is 0 Å². The minimum Gasteiger partial charge on any atom is -0.357 e. The van der Waals surface area contributed by atoms with Crippen molar-refractivity contribution in [3.8, 4) is 0 Å². The summed E-state index contributed by atoms with van der Waals surface area (Å²) in [7, 11) is 4.10. The zero-order valence-corrected chi connectivity index (χ0v) is 17.8. The molecule has 6 nitrogen and oxygen atoms in total. The van der Waals surface area contributed by atoms with Crippen LogP contribution in [-0.2, 0) is 13.6 Å². The lowest BCUT2D eigenvalue weighted by molar-refractivity contribution is 0.217. The smallest absolute Gasteiger partial charge is 0.194 e. The van der Waals surface area contributed by atoms with Crippen molar-refractivity contribution in [1.82, 2.24) is 24.9 Å². The van der Waals surface area contributed by atoms with E-state index in [0.717, 1.165) is 38.2 Å². The molecule has 1 aliphatic carbocycles. The number of aromatic nitrogens is 2. The first kappa shape index (κ1) is 20.7. The summed E-state index contributed by atoms with van der Waals surface area (Å²) in [6.45, 7) is 14.7. The van der Waals surface area contributed by atoms with Crippen LogP contribution in [0.1, 0.15) is 64.6 Å². The van der Waals surface area contributed by atoms with Crippen LogP contribution in [0.15, 0.2) is 11.2 Å². The lowest BCUT2D eigenvalue weighted by atomic mass is 10.1. The number of nitrogens with zero attached hydrogens (tertiary/aromatic N) is 5. The third-order valence-electron chi connectivity index (χ3n) is 4.89. The second-order valence-corrected chi connectivity index (χ2v) is 8.02. The van der Waals surface area contributed by atoms with E-state index in [1.807, 2.05) is 11.7 Å². The van der Waals surface area contributed by atoms with Gasteiger partial charge in [-0.15, -0.1) is 0 Å². The third kappa shape index (κ3) is 5.73. The van der Waals surface area contributed by atoms with Gasteiger partial charge in [0.1, 0.15) is 0 Å². The van der Waals surface area contributed by atoms with Gasteiger partial charge in [-0.05, 0) is 39.5 Å². The summed E-state index contributed by atoms with van der Waals surface area (Å²) >= 11 is 0. The van der Waals surface area contributed by atoms with Crippen molar-refractivity contribution >= 4 is 5.96 Å². The Kier molecular flexibility index (Phi) is 7.50. The Labute approximate surface area is 159 Å². The van der Waals surface area contributed by atoms with E-state index in [1.165, 1.54) is 24.1 Å². The van der Waals surface area contributed by atoms with Crippen molar-refractivity contribution in [2.45, 2.75) is 72.0 Å². The van der Waals surface area contributed by atoms with E-state index in [9.17, 15) is 0 Å². The first-order chi connectivity index (χ1) is 12.3. The van der Waals surface area contributed by atoms with Crippen LogP contribution in [0.4, 0.5) is 0 Å². The van der Waals surface area contributed by atoms with Gasteiger partial charge in [0.2, 0.25) is 0 Å². The second kappa shape index (κ2) is 9.40. The Morgan fingerprint density at radius 3 is 2.58 bits per heavy atom. The zero-order valence-electron chi connectivity index (χ0n) is 17.8. The molecule has 1 N–H and O–H groups in total. The molecule has 0 spiro atoms. The van der Waals surface area contributed by atoms with Gasteiger partial charge in [0.05, 0.1) is 12.2 Å². The largest absolute Gasteiger partial charge is 0.357 e. The molecule has 6 heteroatoms. The van der Waals surface area contributed by atoms with E-state index in [0.29, 0.717) is 12.0 Å². The molecule has 1 fully saturated rings. The van der Waals surface area contributed by atoms with E-state index < -0.39 is 0 Å². The molecule has 1 aromatic rings. The molecule has 0 bridgehead atoms. The van der Waals surface area contributed by atoms with Crippen LogP contribution in [0.25, 0.3) is 0 Å². The molecule has 0 saturated heterocycles. The molecule has 0 aliphatic heterocycles. The standard InChI is InChI=1S/C20H38N6/c1-8-21-20(22-11-12-26(16(4)5)18-9-10-18)24(6)13-17-14-25(7)23-19(17)15(2)3/h14-16,18H,8-13H2,1-7H3,(H,21,22). The molecule has 0 atom stereocenters.